The standard InChI is InChI=1S/C24H24FN5O4S2.H2O/c1-33-20-16(23(31)34-2)11-35-24(20)36(32)29-18-8-7-13(9-17(18)25)15-10-30(14-5-3-4-6-14)22-19(15)21(26)27-12-28-22;/h7-12,14,29H,3-6H2,1-2H3,(H2,26,27,28);1H2. The van der Waals surface area contributed by atoms with Gasteiger partial charge in [0.2, 0.25) is 0 Å². The molecular weight excluding hydrogens is 521 g/mol. The molecular formula is C24H26FN5O5S2. The number of nitrogen functional groups attached to an aromatic ring is 1. The third kappa shape index (κ3) is 4.77. The van der Waals surface area contributed by atoms with E-state index < -0.39 is 22.8 Å². The normalized spacial score (nSPS) is 14.4. The van der Waals surface area contributed by atoms with Gasteiger partial charge in [-0.3, -0.25) is 4.72 Å². The zero-order valence-corrected chi connectivity index (χ0v) is 21.7. The van der Waals surface area contributed by atoms with Crippen LogP contribution in [0, 0.1) is 5.82 Å². The number of methoxy groups -OCH3 is 2. The van der Waals surface area contributed by atoms with Crippen molar-refractivity contribution in [1.82, 2.24) is 14.5 Å². The molecule has 5 rings (SSSR count). The number of rotatable bonds is 7. The van der Waals surface area contributed by atoms with E-state index in [9.17, 15) is 9.00 Å². The number of aromatic nitrogens is 3. The van der Waals surface area contributed by atoms with Crippen molar-refractivity contribution >= 4 is 50.8 Å². The first-order valence-corrected chi connectivity index (χ1v) is 13.3. The summed E-state index contributed by atoms with van der Waals surface area (Å²) in [7, 11) is 0.732. The highest BCUT2D eigenvalue weighted by Crippen LogP contribution is 2.40. The number of esters is 1. The molecule has 0 amide bonds. The van der Waals surface area contributed by atoms with Gasteiger partial charge in [-0.25, -0.2) is 23.4 Å². The number of anilines is 2. The Balaban J connectivity index is 0.00000320. The lowest BCUT2D eigenvalue weighted by Crippen LogP contribution is -2.08. The second-order valence-electron chi connectivity index (χ2n) is 8.37. The van der Waals surface area contributed by atoms with Crippen LogP contribution in [0.2, 0.25) is 0 Å². The number of fused-ring (bicyclic) bond motifs is 1. The molecule has 0 spiro atoms. The van der Waals surface area contributed by atoms with E-state index in [-0.39, 0.29) is 26.7 Å². The molecule has 1 aliphatic rings. The number of nitrogens with one attached hydrogen (secondary N) is 1. The minimum Gasteiger partial charge on any atom is -0.494 e. The van der Waals surface area contributed by atoms with Gasteiger partial charge in [-0.2, -0.15) is 0 Å². The van der Waals surface area contributed by atoms with Crippen LogP contribution in [0.25, 0.3) is 22.2 Å². The molecule has 37 heavy (non-hydrogen) atoms. The molecule has 0 aliphatic heterocycles. The van der Waals surface area contributed by atoms with E-state index in [2.05, 4.69) is 19.3 Å². The molecule has 1 aromatic carbocycles. The van der Waals surface area contributed by atoms with Crippen LogP contribution >= 0.6 is 11.3 Å². The number of ether oxygens (including phenoxy) is 2. The molecule has 13 heteroatoms. The maximum Gasteiger partial charge on any atom is 0.342 e. The molecule has 1 atom stereocenters. The highest BCUT2D eigenvalue weighted by atomic mass is 32.2. The third-order valence-corrected chi connectivity index (χ3v) is 8.75. The summed E-state index contributed by atoms with van der Waals surface area (Å²) >= 11 is 1.05. The monoisotopic (exact) mass is 547 g/mol. The molecule has 1 unspecified atom stereocenters. The summed E-state index contributed by atoms with van der Waals surface area (Å²) in [6.07, 6.45) is 7.84. The third-order valence-electron chi connectivity index (χ3n) is 6.33. The van der Waals surface area contributed by atoms with Crippen LogP contribution in [0.4, 0.5) is 15.9 Å². The lowest BCUT2D eigenvalue weighted by molar-refractivity contribution is 0.0597. The Hall–Kier alpha value is -3.55. The lowest BCUT2D eigenvalue weighted by atomic mass is 10.1. The first-order chi connectivity index (χ1) is 17.4. The molecule has 196 valence electrons. The van der Waals surface area contributed by atoms with Gasteiger partial charge in [0.1, 0.15) is 29.2 Å². The van der Waals surface area contributed by atoms with Gasteiger partial charge in [-0.1, -0.05) is 18.9 Å². The number of halogens is 1. The van der Waals surface area contributed by atoms with E-state index in [0.717, 1.165) is 48.2 Å². The summed E-state index contributed by atoms with van der Waals surface area (Å²) in [5.41, 5.74) is 8.49. The fraction of sp³-hybridized carbons (Fsp3) is 0.292. The van der Waals surface area contributed by atoms with Gasteiger partial charge >= 0.3 is 5.97 Å². The number of benzene rings is 1. The van der Waals surface area contributed by atoms with E-state index in [1.165, 1.54) is 38.1 Å². The molecule has 4 aromatic rings. The van der Waals surface area contributed by atoms with Crippen molar-refractivity contribution < 1.29 is 28.3 Å². The van der Waals surface area contributed by atoms with Crippen LogP contribution in [0.15, 0.2) is 40.3 Å². The molecule has 1 aliphatic carbocycles. The molecule has 5 N–H and O–H groups in total. The Bertz CT molecular complexity index is 1480. The van der Waals surface area contributed by atoms with Crippen molar-refractivity contribution in [3.05, 3.63) is 47.5 Å². The fourth-order valence-corrected chi connectivity index (χ4v) is 6.77. The smallest absolute Gasteiger partial charge is 0.342 e. The highest BCUT2D eigenvalue weighted by Gasteiger charge is 2.25. The van der Waals surface area contributed by atoms with Crippen molar-refractivity contribution in [3.63, 3.8) is 0 Å². The Kier molecular flexibility index (Phi) is 7.76. The first-order valence-electron chi connectivity index (χ1n) is 11.3. The van der Waals surface area contributed by atoms with E-state index in [0.29, 0.717) is 22.8 Å². The second kappa shape index (κ2) is 10.8. The highest BCUT2D eigenvalue weighted by molar-refractivity contribution is 7.88. The summed E-state index contributed by atoms with van der Waals surface area (Å²) in [4.78, 5) is 20.5. The number of carbonyl (C=O) groups is 1. The molecule has 0 saturated heterocycles. The van der Waals surface area contributed by atoms with Crippen molar-refractivity contribution in [2.75, 3.05) is 24.7 Å². The van der Waals surface area contributed by atoms with Crippen LogP contribution in [0.5, 0.6) is 5.75 Å². The minimum atomic E-state index is -1.88. The molecule has 0 bridgehead atoms. The van der Waals surface area contributed by atoms with E-state index in [1.54, 1.807) is 6.07 Å². The number of hydrogen-bond donors (Lipinski definition) is 2. The van der Waals surface area contributed by atoms with Crippen LogP contribution in [-0.2, 0) is 15.7 Å². The molecule has 1 fully saturated rings. The number of hydrogen-bond acceptors (Lipinski definition) is 8. The van der Waals surface area contributed by atoms with Gasteiger partial charge in [0, 0.05) is 23.2 Å². The van der Waals surface area contributed by atoms with Crippen molar-refractivity contribution in [2.24, 2.45) is 0 Å². The van der Waals surface area contributed by atoms with Gasteiger partial charge in [0.25, 0.3) is 0 Å². The maximum atomic E-state index is 15.2. The number of nitrogens with two attached hydrogens (primary N) is 1. The van der Waals surface area contributed by atoms with Crippen LogP contribution in [0.1, 0.15) is 42.1 Å². The van der Waals surface area contributed by atoms with Gasteiger partial charge in [-0.05, 0) is 30.5 Å². The largest absolute Gasteiger partial charge is 0.494 e. The second-order valence-corrected chi connectivity index (χ2v) is 10.7. The predicted octanol–water partition coefficient (Wildman–Crippen LogP) is 4.10. The zero-order valence-electron chi connectivity index (χ0n) is 20.1. The van der Waals surface area contributed by atoms with E-state index in [4.69, 9.17) is 15.2 Å². The Labute approximate surface area is 218 Å². The fourth-order valence-electron chi connectivity index (χ4n) is 4.60. The average molecular weight is 548 g/mol. The van der Waals surface area contributed by atoms with Gasteiger partial charge in [0.15, 0.2) is 20.9 Å². The Morgan fingerprint density at radius 1 is 1.27 bits per heavy atom. The molecule has 10 nitrogen and oxygen atoms in total. The molecule has 1 saturated carbocycles. The Morgan fingerprint density at radius 2 is 2.03 bits per heavy atom. The van der Waals surface area contributed by atoms with Crippen LogP contribution < -0.4 is 15.2 Å². The van der Waals surface area contributed by atoms with Crippen molar-refractivity contribution in [3.8, 4) is 16.9 Å². The quantitative estimate of drug-likeness (QED) is 0.330. The van der Waals surface area contributed by atoms with Gasteiger partial charge in [0.05, 0.1) is 25.3 Å². The van der Waals surface area contributed by atoms with Crippen molar-refractivity contribution in [1.29, 1.82) is 0 Å². The molecule has 3 heterocycles. The summed E-state index contributed by atoms with van der Waals surface area (Å²) in [6.45, 7) is 0. The van der Waals surface area contributed by atoms with E-state index in [1.807, 2.05) is 6.20 Å². The maximum absolute atomic E-state index is 15.2. The van der Waals surface area contributed by atoms with Gasteiger partial charge < -0.3 is 25.3 Å². The van der Waals surface area contributed by atoms with Gasteiger partial charge in [-0.15, -0.1) is 11.3 Å². The lowest BCUT2D eigenvalue weighted by Gasteiger charge is -2.12. The summed E-state index contributed by atoms with van der Waals surface area (Å²) < 4.78 is 43.2. The zero-order chi connectivity index (χ0) is 25.4. The summed E-state index contributed by atoms with van der Waals surface area (Å²) in [6, 6.07) is 4.93. The van der Waals surface area contributed by atoms with Crippen LogP contribution in [0.3, 0.4) is 0 Å². The first kappa shape index (κ1) is 26.5. The Morgan fingerprint density at radius 3 is 2.70 bits per heavy atom. The number of nitrogens with zero attached hydrogens (tertiary/aromatic N) is 3. The van der Waals surface area contributed by atoms with E-state index >= 15 is 4.39 Å². The number of thiophene rings is 1. The van der Waals surface area contributed by atoms with Crippen LogP contribution in [-0.4, -0.2) is 44.4 Å². The molecule has 0 radical (unpaired) electrons. The number of carbonyl (C=O) groups excluding carboxylic acids is 1. The van der Waals surface area contributed by atoms with Crippen molar-refractivity contribution in [2.45, 2.75) is 35.9 Å². The summed E-state index contributed by atoms with van der Waals surface area (Å²) in [5, 5.41) is 2.18. The topological polar surface area (TPSA) is 153 Å². The summed E-state index contributed by atoms with van der Waals surface area (Å²) in [5.74, 6) is -0.741. The molecule has 3 aromatic heterocycles. The average Bonchev–Trinajstić information content (AvgIpc) is 3.63. The minimum absolute atomic E-state index is 0. The SMILES string of the molecule is COC(=O)c1csc(S(=O)Nc2ccc(-c3cn(C4CCCC4)c4ncnc(N)c34)cc2F)c1OC.O. The predicted molar refractivity (Wildman–Crippen MR) is 141 cm³/mol.